The summed E-state index contributed by atoms with van der Waals surface area (Å²) >= 11 is 0. The summed E-state index contributed by atoms with van der Waals surface area (Å²) in [4.78, 5) is 13.0. The summed E-state index contributed by atoms with van der Waals surface area (Å²) in [6, 6.07) is 3.47. The molecule has 0 saturated heterocycles. The molecular weight excluding hydrogens is 234 g/mol. The van der Waals surface area contributed by atoms with Crippen molar-refractivity contribution in [2.45, 2.75) is 39.4 Å². The van der Waals surface area contributed by atoms with Crippen molar-refractivity contribution in [1.29, 1.82) is 0 Å². The molecule has 1 amide bonds. The quantitative estimate of drug-likeness (QED) is 0.901. The monoisotopic (exact) mass is 255 g/mol. The van der Waals surface area contributed by atoms with E-state index in [1.54, 1.807) is 46.9 Å². The zero-order valence-corrected chi connectivity index (χ0v) is 11.6. The normalized spacial score (nSPS) is 13.2. The number of hydrogen-bond acceptors (Lipinski definition) is 4. The average Bonchev–Trinajstić information content (AvgIpc) is 2.62. The van der Waals surface area contributed by atoms with Crippen LogP contribution in [0.15, 0.2) is 16.5 Å². The molecule has 1 aromatic heterocycles. The van der Waals surface area contributed by atoms with Crippen LogP contribution in [0.2, 0.25) is 0 Å². The van der Waals surface area contributed by atoms with Crippen molar-refractivity contribution < 1.29 is 19.1 Å². The molecule has 5 heteroatoms. The van der Waals surface area contributed by atoms with Crippen LogP contribution in [0.4, 0.5) is 4.79 Å². The first kappa shape index (κ1) is 14.6. The van der Waals surface area contributed by atoms with Gasteiger partial charge in [-0.25, -0.2) is 4.79 Å². The summed E-state index contributed by atoms with van der Waals surface area (Å²) in [5.41, 5.74) is -0.544. The van der Waals surface area contributed by atoms with Gasteiger partial charge in [-0.3, -0.25) is 0 Å². The van der Waals surface area contributed by atoms with Gasteiger partial charge in [-0.1, -0.05) is 0 Å². The summed E-state index contributed by atoms with van der Waals surface area (Å²) in [5.74, 6) is 1.17. The molecule has 1 rings (SSSR count). The van der Waals surface area contributed by atoms with Gasteiger partial charge < -0.3 is 19.2 Å². The van der Waals surface area contributed by atoms with Gasteiger partial charge in [0.1, 0.15) is 23.2 Å². The predicted octanol–water partition coefficient (Wildman–Crippen LogP) is 2.49. The lowest BCUT2D eigenvalue weighted by Crippen LogP contribution is -2.36. The molecule has 0 aromatic carbocycles. The number of aliphatic hydroxyl groups excluding tert-OH is 1. The van der Waals surface area contributed by atoms with E-state index in [1.165, 1.54) is 4.90 Å². The van der Waals surface area contributed by atoms with Crippen LogP contribution in [-0.4, -0.2) is 35.3 Å². The summed E-state index contributed by atoms with van der Waals surface area (Å²) in [6.45, 7) is 7.32. The average molecular weight is 255 g/mol. The summed E-state index contributed by atoms with van der Waals surface area (Å²) in [5, 5.41) is 9.91. The fourth-order valence-corrected chi connectivity index (χ4v) is 1.40. The molecule has 0 aliphatic rings. The van der Waals surface area contributed by atoms with Crippen LogP contribution in [-0.2, 0) is 4.74 Å². The number of amides is 1. The third-order valence-corrected chi connectivity index (χ3v) is 2.24. The number of carbonyl (C=O) groups excluding carboxylic acids is 1. The van der Waals surface area contributed by atoms with Crippen LogP contribution >= 0.6 is 0 Å². The highest BCUT2D eigenvalue weighted by atomic mass is 16.6. The first-order valence-electron chi connectivity index (χ1n) is 5.87. The number of rotatable bonds is 3. The van der Waals surface area contributed by atoms with Crippen molar-refractivity contribution in [1.82, 2.24) is 4.90 Å². The highest BCUT2D eigenvalue weighted by molar-refractivity contribution is 5.67. The van der Waals surface area contributed by atoms with Gasteiger partial charge in [-0.15, -0.1) is 0 Å². The minimum Gasteiger partial charge on any atom is -0.464 e. The van der Waals surface area contributed by atoms with Gasteiger partial charge in [0.2, 0.25) is 0 Å². The second-order valence-corrected chi connectivity index (χ2v) is 5.33. The highest BCUT2D eigenvalue weighted by Gasteiger charge is 2.22. The molecule has 0 bridgehead atoms. The minimum atomic E-state index is -0.851. The predicted molar refractivity (Wildman–Crippen MR) is 67.3 cm³/mol. The van der Waals surface area contributed by atoms with Crippen molar-refractivity contribution in [3.05, 3.63) is 23.7 Å². The van der Waals surface area contributed by atoms with Gasteiger partial charge in [0, 0.05) is 7.05 Å². The molecule has 1 N–H and O–H groups in total. The van der Waals surface area contributed by atoms with E-state index >= 15 is 0 Å². The SMILES string of the molecule is Cc1ccc(C(O)CN(C)C(=O)OC(C)(C)C)o1. The fraction of sp³-hybridized carbons (Fsp3) is 0.615. The van der Waals surface area contributed by atoms with Crippen molar-refractivity contribution >= 4 is 6.09 Å². The molecule has 0 spiro atoms. The Labute approximate surface area is 107 Å². The van der Waals surface area contributed by atoms with Gasteiger partial charge in [0.05, 0.1) is 6.54 Å². The van der Waals surface area contributed by atoms with E-state index in [2.05, 4.69) is 0 Å². The zero-order chi connectivity index (χ0) is 13.9. The first-order valence-corrected chi connectivity index (χ1v) is 5.87. The van der Waals surface area contributed by atoms with Gasteiger partial charge in [0.25, 0.3) is 0 Å². The maximum Gasteiger partial charge on any atom is 0.410 e. The Morgan fingerprint density at radius 1 is 1.50 bits per heavy atom. The number of furan rings is 1. The van der Waals surface area contributed by atoms with E-state index < -0.39 is 17.8 Å². The van der Waals surface area contributed by atoms with Crippen LogP contribution in [0.5, 0.6) is 0 Å². The van der Waals surface area contributed by atoms with Crippen LogP contribution < -0.4 is 0 Å². The molecule has 0 saturated carbocycles. The van der Waals surface area contributed by atoms with Crippen molar-refractivity contribution in [3.8, 4) is 0 Å². The van der Waals surface area contributed by atoms with E-state index in [0.29, 0.717) is 5.76 Å². The lowest BCUT2D eigenvalue weighted by Gasteiger charge is -2.25. The van der Waals surface area contributed by atoms with Gasteiger partial charge in [-0.2, -0.15) is 0 Å². The smallest absolute Gasteiger partial charge is 0.410 e. The van der Waals surface area contributed by atoms with Crippen molar-refractivity contribution in [2.75, 3.05) is 13.6 Å². The molecule has 5 nitrogen and oxygen atoms in total. The number of likely N-dealkylation sites (N-methyl/N-ethyl adjacent to an activating group) is 1. The van der Waals surface area contributed by atoms with Gasteiger partial charge in [-0.05, 0) is 39.8 Å². The molecule has 1 aromatic rings. The number of hydrogen-bond donors (Lipinski definition) is 1. The maximum absolute atomic E-state index is 11.7. The largest absolute Gasteiger partial charge is 0.464 e. The molecule has 0 radical (unpaired) electrons. The first-order chi connectivity index (χ1) is 8.19. The third-order valence-electron chi connectivity index (χ3n) is 2.24. The molecule has 0 fully saturated rings. The molecule has 1 atom stereocenters. The fourth-order valence-electron chi connectivity index (χ4n) is 1.40. The Morgan fingerprint density at radius 2 is 2.11 bits per heavy atom. The van der Waals surface area contributed by atoms with Crippen molar-refractivity contribution in [2.24, 2.45) is 0 Å². The van der Waals surface area contributed by atoms with Crippen LogP contribution in [0, 0.1) is 6.92 Å². The van der Waals surface area contributed by atoms with Crippen LogP contribution in [0.1, 0.15) is 38.4 Å². The number of carbonyl (C=O) groups is 1. The topological polar surface area (TPSA) is 62.9 Å². The third kappa shape index (κ3) is 4.41. The van der Waals surface area contributed by atoms with E-state index in [1.807, 2.05) is 0 Å². The zero-order valence-electron chi connectivity index (χ0n) is 11.6. The van der Waals surface area contributed by atoms with E-state index in [9.17, 15) is 9.90 Å². The summed E-state index contributed by atoms with van der Waals surface area (Å²) in [7, 11) is 1.58. The molecule has 1 heterocycles. The summed E-state index contributed by atoms with van der Waals surface area (Å²) in [6.07, 6.45) is -1.32. The maximum atomic E-state index is 11.7. The number of aliphatic hydroxyl groups is 1. The number of ether oxygens (including phenoxy) is 1. The molecular formula is C13H21NO4. The molecule has 18 heavy (non-hydrogen) atoms. The lowest BCUT2D eigenvalue weighted by molar-refractivity contribution is 0.0185. The van der Waals surface area contributed by atoms with E-state index in [4.69, 9.17) is 9.15 Å². The van der Waals surface area contributed by atoms with Crippen LogP contribution in [0.25, 0.3) is 0 Å². The summed E-state index contributed by atoms with van der Waals surface area (Å²) < 4.78 is 10.5. The molecule has 1 unspecified atom stereocenters. The van der Waals surface area contributed by atoms with E-state index in [-0.39, 0.29) is 6.54 Å². The number of nitrogens with zero attached hydrogens (tertiary/aromatic N) is 1. The molecule has 0 aliphatic carbocycles. The van der Waals surface area contributed by atoms with Gasteiger partial charge in [0.15, 0.2) is 0 Å². The Hall–Kier alpha value is -1.49. The Balaban J connectivity index is 2.54. The lowest BCUT2D eigenvalue weighted by atomic mass is 10.2. The Kier molecular flexibility index (Phi) is 4.40. The Bertz CT molecular complexity index is 405. The molecule has 102 valence electrons. The molecule has 0 aliphatic heterocycles. The van der Waals surface area contributed by atoms with Crippen LogP contribution in [0.3, 0.4) is 0 Å². The van der Waals surface area contributed by atoms with Gasteiger partial charge >= 0.3 is 6.09 Å². The minimum absolute atomic E-state index is 0.127. The number of aryl methyl sites for hydroxylation is 1. The highest BCUT2D eigenvalue weighted by Crippen LogP contribution is 2.18. The van der Waals surface area contributed by atoms with E-state index in [0.717, 1.165) is 5.76 Å². The standard InChI is InChI=1S/C13H21NO4/c1-9-6-7-11(17-9)10(15)8-14(5)12(16)18-13(2,3)4/h6-7,10,15H,8H2,1-5H3. The second kappa shape index (κ2) is 5.44. The van der Waals surface area contributed by atoms with Crippen molar-refractivity contribution in [3.63, 3.8) is 0 Å². The Morgan fingerprint density at radius 3 is 2.56 bits per heavy atom. The second-order valence-electron chi connectivity index (χ2n) is 5.33.